The minimum absolute atomic E-state index is 0.165. The van der Waals surface area contributed by atoms with Crippen molar-refractivity contribution in [3.05, 3.63) is 23.7 Å². The maximum absolute atomic E-state index is 10.6. The first-order valence-electron chi connectivity index (χ1n) is 5.80. The molecule has 0 aliphatic heterocycles. The average molecular weight is 264 g/mol. The summed E-state index contributed by atoms with van der Waals surface area (Å²) in [5.74, 6) is -0.763. The summed E-state index contributed by atoms with van der Waals surface area (Å²) in [6.07, 6.45) is 2.51. The molecule has 0 saturated heterocycles. The highest BCUT2D eigenvalue weighted by Crippen LogP contribution is 2.30. The van der Waals surface area contributed by atoms with E-state index < -0.39 is 5.97 Å². The Morgan fingerprint density at radius 3 is 3.00 bits per heavy atom. The van der Waals surface area contributed by atoms with Crippen LogP contribution >= 0.6 is 11.3 Å². The SMILES string of the molecule is CC(C)(CCC(=O)O)Nc1ccnc2ccsc12. The highest BCUT2D eigenvalue weighted by atomic mass is 32.1. The fourth-order valence-electron chi connectivity index (χ4n) is 1.82. The van der Waals surface area contributed by atoms with Crippen LogP contribution in [0.5, 0.6) is 0 Å². The van der Waals surface area contributed by atoms with Crippen molar-refractivity contribution in [3.8, 4) is 0 Å². The number of carboxylic acids is 1. The molecule has 0 saturated carbocycles. The van der Waals surface area contributed by atoms with Gasteiger partial charge < -0.3 is 10.4 Å². The van der Waals surface area contributed by atoms with Crippen molar-refractivity contribution >= 4 is 33.2 Å². The highest BCUT2D eigenvalue weighted by Gasteiger charge is 2.20. The van der Waals surface area contributed by atoms with Crippen molar-refractivity contribution in [1.82, 2.24) is 4.98 Å². The minimum atomic E-state index is -0.763. The van der Waals surface area contributed by atoms with Crippen molar-refractivity contribution in [2.45, 2.75) is 32.2 Å². The van der Waals surface area contributed by atoms with Crippen molar-refractivity contribution in [1.29, 1.82) is 0 Å². The summed E-state index contributed by atoms with van der Waals surface area (Å²) in [7, 11) is 0. The van der Waals surface area contributed by atoms with E-state index in [2.05, 4.69) is 10.3 Å². The molecule has 0 spiro atoms. The number of hydrogen-bond acceptors (Lipinski definition) is 4. The van der Waals surface area contributed by atoms with Gasteiger partial charge in [0.25, 0.3) is 0 Å². The van der Waals surface area contributed by atoms with Gasteiger partial charge in [0, 0.05) is 18.2 Å². The van der Waals surface area contributed by atoms with Crippen molar-refractivity contribution < 1.29 is 9.90 Å². The topological polar surface area (TPSA) is 62.2 Å². The lowest BCUT2D eigenvalue weighted by atomic mass is 9.98. The maximum Gasteiger partial charge on any atom is 0.303 e. The van der Waals surface area contributed by atoms with Crippen molar-refractivity contribution in [2.75, 3.05) is 5.32 Å². The van der Waals surface area contributed by atoms with Crippen LogP contribution in [0, 0.1) is 0 Å². The number of carboxylic acid groups (broad SMARTS) is 1. The number of fused-ring (bicyclic) bond motifs is 1. The Hall–Kier alpha value is -1.62. The molecule has 0 aromatic carbocycles. The Kier molecular flexibility index (Phi) is 3.52. The van der Waals surface area contributed by atoms with Crippen LogP contribution in [-0.2, 0) is 4.79 Å². The van der Waals surface area contributed by atoms with E-state index in [1.54, 1.807) is 17.5 Å². The quantitative estimate of drug-likeness (QED) is 0.869. The number of aliphatic carboxylic acids is 1. The molecule has 2 heterocycles. The molecule has 0 amide bonds. The lowest BCUT2D eigenvalue weighted by Gasteiger charge is -2.27. The zero-order valence-corrected chi connectivity index (χ0v) is 11.3. The predicted molar refractivity (Wildman–Crippen MR) is 74.2 cm³/mol. The summed E-state index contributed by atoms with van der Waals surface area (Å²) in [5, 5.41) is 14.2. The van der Waals surface area contributed by atoms with Crippen LogP contribution in [-0.4, -0.2) is 21.6 Å². The molecule has 18 heavy (non-hydrogen) atoms. The molecule has 2 aromatic heterocycles. The zero-order valence-electron chi connectivity index (χ0n) is 10.4. The third-order valence-corrected chi connectivity index (χ3v) is 3.72. The van der Waals surface area contributed by atoms with Crippen LogP contribution < -0.4 is 5.32 Å². The van der Waals surface area contributed by atoms with Gasteiger partial charge in [-0.2, -0.15) is 0 Å². The van der Waals surface area contributed by atoms with E-state index in [0.717, 1.165) is 15.9 Å². The molecule has 0 aliphatic carbocycles. The van der Waals surface area contributed by atoms with E-state index in [-0.39, 0.29) is 12.0 Å². The number of anilines is 1. The van der Waals surface area contributed by atoms with Crippen molar-refractivity contribution in [3.63, 3.8) is 0 Å². The van der Waals surface area contributed by atoms with Gasteiger partial charge in [-0.3, -0.25) is 9.78 Å². The third kappa shape index (κ3) is 2.98. The van der Waals surface area contributed by atoms with Crippen LogP contribution in [0.2, 0.25) is 0 Å². The van der Waals surface area contributed by atoms with Crippen LogP contribution in [0.25, 0.3) is 10.2 Å². The molecular weight excluding hydrogens is 248 g/mol. The molecule has 2 rings (SSSR count). The Labute approximate surface area is 110 Å². The molecule has 0 atom stereocenters. The molecule has 2 N–H and O–H groups in total. The number of nitrogens with one attached hydrogen (secondary N) is 1. The van der Waals surface area contributed by atoms with Gasteiger partial charge in [-0.15, -0.1) is 11.3 Å². The standard InChI is InChI=1S/C13H16N2O2S/c1-13(2,6-3-11(16)17)15-10-4-7-14-9-5-8-18-12(9)10/h4-5,7-8H,3,6H2,1-2H3,(H,14,15)(H,16,17). The first kappa shape index (κ1) is 12.8. The van der Waals surface area contributed by atoms with Crippen LogP contribution in [0.15, 0.2) is 23.7 Å². The van der Waals surface area contributed by atoms with Gasteiger partial charge >= 0.3 is 5.97 Å². The molecule has 96 valence electrons. The number of rotatable bonds is 5. The summed E-state index contributed by atoms with van der Waals surface area (Å²) >= 11 is 1.64. The number of thiophene rings is 1. The predicted octanol–water partition coefficient (Wildman–Crippen LogP) is 3.35. The fourth-order valence-corrected chi connectivity index (χ4v) is 2.64. The maximum atomic E-state index is 10.6. The molecule has 0 bridgehead atoms. The van der Waals surface area contributed by atoms with Crippen LogP contribution in [0.3, 0.4) is 0 Å². The van der Waals surface area contributed by atoms with Gasteiger partial charge in [-0.25, -0.2) is 0 Å². The number of aromatic nitrogens is 1. The molecule has 0 radical (unpaired) electrons. The Bertz CT molecular complexity index is 563. The summed E-state index contributed by atoms with van der Waals surface area (Å²) in [4.78, 5) is 14.9. The van der Waals surface area contributed by atoms with Gasteiger partial charge in [0.15, 0.2) is 0 Å². The number of carbonyl (C=O) groups is 1. The van der Waals surface area contributed by atoms with Crippen LogP contribution in [0.1, 0.15) is 26.7 Å². The fraction of sp³-hybridized carbons (Fsp3) is 0.385. The first-order valence-corrected chi connectivity index (χ1v) is 6.68. The largest absolute Gasteiger partial charge is 0.481 e. The molecule has 2 aromatic rings. The summed E-state index contributed by atoms with van der Waals surface area (Å²) in [6, 6.07) is 3.91. The molecule has 5 heteroatoms. The summed E-state index contributed by atoms with van der Waals surface area (Å²) < 4.78 is 1.11. The first-order chi connectivity index (χ1) is 8.48. The second kappa shape index (κ2) is 4.94. The summed E-state index contributed by atoms with van der Waals surface area (Å²) in [6.45, 7) is 4.02. The Balaban J connectivity index is 2.17. The van der Waals surface area contributed by atoms with E-state index in [1.807, 2.05) is 31.4 Å². The Morgan fingerprint density at radius 1 is 1.50 bits per heavy atom. The second-order valence-corrected chi connectivity index (χ2v) is 5.81. The number of nitrogens with zero attached hydrogens (tertiary/aromatic N) is 1. The molecule has 0 aliphatic rings. The minimum Gasteiger partial charge on any atom is -0.481 e. The van der Waals surface area contributed by atoms with Crippen molar-refractivity contribution in [2.24, 2.45) is 0 Å². The highest BCUT2D eigenvalue weighted by molar-refractivity contribution is 7.17. The smallest absolute Gasteiger partial charge is 0.303 e. The third-order valence-electron chi connectivity index (χ3n) is 2.78. The van der Waals surface area contributed by atoms with E-state index in [1.165, 1.54) is 0 Å². The van der Waals surface area contributed by atoms with E-state index in [4.69, 9.17) is 5.11 Å². The zero-order chi connectivity index (χ0) is 13.2. The Morgan fingerprint density at radius 2 is 2.28 bits per heavy atom. The molecule has 4 nitrogen and oxygen atoms in total. The van der Waals surface area contributed by atoms with E-state index in [9.17, 15) is 4.79 Å². The van der Waals surface area contributed by atoms with Gasteiger partial charge in [0.2, 0.25) is 0 Å². The molecule has 0 fully saturated rings. The molecular formula is C13H16N2O2S. The van der Waals surface area contributed by atoms with Gasteiger partial charge in [-0.1, -0.05) is 0 Å². The van der Waals surface area contributed by atoms with Crippen LogP contribution in [0.4, 0.5) is 5.69 Å². The second-order valence-electron chi connectivity index (χ2n) is 4.90. The van der Waals surface area contributed by atoms with E-state index >= 15 is 0 Å². The average Bonchev–Trinajstić information content (AvgIpc) is 2.75. The number of hydrogen-bond donors (Lipinski definition) is 2. The summed E-state index contributed by atoms with van der Waals surface area (Å²) in [5.41, 5.74) is 1.74. The monoisotopic (exact) mass is 264 g/mol. The van der Waals surface area contributed by atoms with E-state index in [0.29, 0.717) is 6.42 Å². The van der Waals surface area contributed by atoms with Gasteiger partial charge in [-0.05, 0) is 37.8 Å². The number of pyridine rings is 1. The molecule has 0 unspecified atom stereocenters. The van der Waals surface area contributed by atoms with Gasteiger partial charge in [0.05, 0.1) is 15.9 Å². The lowest BCUT2D eigenvalue weighted by Crippen LogP contribution is -2.31. The lowest BCUT2D eigenvalue weighted by molar-refractivity contribution is -0.137. The van der Waals surface area contributed by atoms with Gasteiger partial charge in [0.1, 0.15) is 0 Å². The normalized spacial score (nSPS) is 11.7.